The number of nitrogens with zero attached hydrogens (tertiary/aromatic N) is 5. The van der Waals surface area contributed by atoms with E-state index >= 15 is 0 Å². The van der Waals surface area contributed by atoms with Crippen molar-refractivity contribution in [1.82, 2.24) is 20.2 Å². The van der Waals surface area contributed by atoms with E-state index < -0.39 is 12.0 Å². The molecule has 6 aromatic rings. The molecule has 0 spiro atoms. The summed E-state index contributed by atoms with van der Waals surface area (Å²) in [4.78, 5) is 27.2. The van der Waals surface area contributed by atoms with Crippen LogP contribution in [0.5, 0.6) is 23.0 Å². The van der Waals surface area contributed by atoms with Gasteiger partial charge in [-0.25, -0.2) is 0 Å². The molecule has 0 fully saturated rings. The van der Waals surface area contributed by atoms with E-state index in [0.29, 0.717) is 69.7 Å². The monoisotopic (exact) mass is 1010 g/mol. The fourth-order valence-corrected chi connectivity index (χ4v) is 8.93. The number of pyridine rings is 2. The second-order valence-corrected chi connectivity index (χ2v) is 19.7. The molecule has 3 heterocycles. The quantitative estimate of drug-likeness (QED) is 0.0470. The summed E-state index contributed by atoms with van der Waals surface area (Å²) < 4.78 is 25.8. The van der Waals surface area contributed by atoms with Crippen molar-refractivity contribution in [2.45, 2.75) is 93.5 Å². The number of hydrogen-bond acceptors (Lipinski definition) is 12. The van der Waals surface area contributed by atoms with Gasteiger partial charge in [-0.1, -0.05) is 87.3 Å². The van der Waals surface area contributed by atoms with E-state index in [1.165, 1.54) is 6.20 Å². The van der Waals surface area contributed by atoms with E-state index in [0.717, 1.165) is 67.9 Å². The Balaban J connectivity index is 1.10. The first-order valence-corrected chi connectivity index (χ1v) is 24.9. The van der Waals surface area contributed by atoms with Gasteiger partial charge in [0, 0.05) is 91.0 Å². The molecule has 0 saturated heterocycles. The van der Waals surface area contributed by atoms with Gasteiger partial charge in [-0.2, -0.15) is 5.26 Å². The number of carboxylic acid groups (broad SMARTS) is 1. The number of halogens is 2. The largest absolute Gasteiger partial charge is 0.488 e. The van der Waals surface area contributed by atoms with Crippen LogP contribution in [0.2, 0.25) is 10.0 Å². The first-order chi connectivity index (χ1) is 34.7. The molecule has 1 aliphatic heterocycles. The summed E-state index contributed by atoms with van der Waals surface area (Å²) in [5.74, 6) is 1.60. The number of carboxylic acids is 1. The first-order valence-electron chi connectivity index (χ1n) is 24.1. The minimum absolute atomic E-state index is 0.0737. The van der Waals surface area contributed by atoms with Crippen LogP contribution in [0.1, 0.15) is 89.8 Å². The highest BCUT2D eigenvalue weighted by Crippen LogP contribution is 2.38. The van der Waals surface area contributed by atoms with E-state index in [9.17, 15) is 20.3 Å². The molecular weight excluding hydrogens is 952 g/mol. The summed E-state index contributed by atoms with van der Waals surface area (Å²) in [6.07, 6.45) is 6.81. The Bertz CT molecular complexity index is 2940. The lowest BCUT2D eigenvalue weighted by Crippen LogP contribution is -2.43. The van der Waals surface area contributed by atoms with Crippen molar-refractivity contribution in [3.63, 3.8) is 0 Å². The second kappa shape index (κ2) is 25.2. The predicted molar refractivity (Wildman–Crippen MR) is 281 cm³/mol. The van der Waals surface area contributed by atoms with Crippen molar-refractivity contribution in [2.75, 3.05) is 26.2 Å². The lowest BCUT2D eigenvalue weighted by atomic mass is 9.92. The minimum Gasteiger partial charge on any atom is -0.488 e. The van der Waals surface area contributed by atoms with Crippen molar-refractivity contribution in [3.8, 4) is 40.2 Å². The molecule has 376 valence electrons. The van der Waals surface area contributed by atoms with Gasteiger partial charge in [0.15, 0.2) is 0 Å². The zero-order valence-corrected chi connectivity index (χ0v) is 43.2. The molecule has 15 heteroatoms. The molecular formula is C57H62Cl2N6O7. The van der Waals surface area contributed by atoms with Crippen LogP contribution >= 0.6 is 23.2 Å². The Hall–Kier alpha value is -6.53. The van der Waals surface area contributed by atoms with Crippen molar-refractivity contribution in [1.29, 1.82) is 5.26 Å². The molecule has 72 heavy (non-hydrogen) atoms. The average Bonchev–Trinajstić information content (AvgIpc) is 4.21. The van der Waals surface area contributed by atoms with Crippen LogP contribution in [0.4, 0.5) is 0 Å². The molecule has 0 amide bonds. The highest BCUT2D eigenvalue weighted by molar-refractivity contribution is 6.32. The number of aromatic nitrogens is 2. The van der Waals surface area contributed by atoms with Crippen LogP contribution in [0.25, 0.3) is 11.1 Å². The Morgan fingerprint density at radius 1 is 0.736 bits per heavy atom. The fraction of sp³-hybridized carbons (Fsp3) is 0.351. The Morgan fingerprint density at radius 2 is 1.29 bits per heavy atom. The molecule has 0 radical (unpaired) electrons. The third-order valence-corrected chi connectivity index (χ3v) is 12.9. The molecule has 4 aromatic carbocycles. The second-order valence-electron chi connectivity index (χ2n) is 18.9. The summed E-state index contributed by atoms with van der Waals surface area (Å²) in [7, 11) is 0. The number of ether oxygens (including phenoxy) is 4. The van der Waals surface area contributed by atoms with E-state index in [1.54, 1.807) is 36.8 Å². The number of nitrogens with one attached hydrogen (secondary N) is 1. The van der Waals surface area contributed by atoms with Gasteiger partial charge >= 0.3 is 5.97 Å². The van der Waals surface area contributed by atoms with Gasteiger partial charge in [0.05, 0.1) is 27.9 Å². The zero-order chi connectivity index (χ0) is 51.3. The number of hydrogen-bond donors (Lipinski definition) is 3. The number of aliphatic carboxylic acids is 1. The van der Waals surface area contributed by atoms with Gasteiger partial charge in [0.2, 0.25) is 0 Å². The highest BCUT2D eigenvalue weighted by atomic mass is 35.5. The lowest BCUT2D eigenvalue weighted by molar-refractivity contribution is -0.144. The van der Waals surface area contributed by atoms with Gasteiger partial charge < -0.3 is 34.5 Å². The van der Waals surface area contributed by atoms with Gasteiger partial charge in [0.1, 0.15) is 61.5 Å². The van der Waals surface area contributed by atoms with Gasteiger partial charge in [-0.3, -0.25) is 24.7 Å². The molecule has 0 saturated carbocycles. The van der Waals surface area contributed by atoms with E-state index in [1.807, 2.05) is 61.2 Å². The number of benzene rings is 4. The first kappa shape index (κ1) is 53.3. The van der Waals surface area contributed by atoms with Crippen molar-refractivity contribution in [2.24, 2.45) is 16.8 Å². The number of aliphatic hydroxyl groups excluding tert-OH is 1. The topological polar surface area (TPSA) is 172 Å². The number of carbonyl (C=O) groups is 1. The predicted octanol–water partition coefficient (Wildman–Crippen LogP) is 11.1. The average molecular weight is 1010 g/mol. The molecule has 2 aromatic heterocycles. The molecule has 1 atom stereocenters. The number of aliphatic imine (C=N–C) groups is 1. The Kier molecular flexibility index (Phi) is 18.7. The highest BCUT2D eigenvalue weighted by Gasteiger charge is 2.28. The van der Waals surface area contributed by atoms with Crippen LogP contribution in [-0.2, 0) is 44.3 Å². The molecule has 7 rings (SSSR count). The van der Waals surface area contributed by atoms with Crippen molar-refractivity contribution < 1.29 is 34.0 Å². The summed E-state index contributed by atoms with van der Waals surface area (Å²) in [6, 6.07) is 24.5. The van der Waals surface area contributed by atoms with Crippen molar-refractivity contribution >= 4 is 34.9 Å². The zero-order valence-electron chi connectivity index (χ0n) is 41.7. The molecule has 0 bridgehead atoms. The summed E-state index contributed by atoms with van der Waals surface area (Å²) in [5.41, 5.74) is 11.7. The summed E-state index contributed by atoms with van der Waals surface area (Å²) >= 11 is 13.9. The smallest absolute Gasteiger partial charge is 0.321 e. The van der Waals surface area contributed by atoms with E-state index in [4.69, 9.17) is 42.1 Å². The molecule has 13 nitrogen and oxygen atoms in total. The SMILES string of the molecule is Cc1c(COc2cc(OCc3cncc(C#N)c3)c(CNCC(C)C)cc2Cl)cccc1-c1cccc(COc2cc(OCc3cncc(C4=NC4)c3)c(CN(CC(C)C)C(CCO)C(=O)O)cc2Cl)c1C. The van der Waals surface area contributed by atoms with Crippen LogP contribution in [0.15, 0.2) is 103 Å². The Morgan fingerprint density at radius 3 is 1.83 bits per heavy atom. The van der Waals surface area contributed by atoms with Crippen LogP contribution in [0, 0.1) is 37.0 Å². The number of nitriles is 1. The maximum absolute atomic E-state index is 12.5. The van der Waals surface area contributed by atoms with Crippen molar-refractivity contribution in [3.05, 3.63) is 163 Å². The third-order valence-electron chi connectivity index (χ3n) is 12.3. The normalized spacial score (nSPS) is 12.5. The Labute approximate surface area is 432 Å². The van der Waals surface area contributed by atoms with E-state index in [-0.39, 0.29) is 51.9 Å². The van der Waals surface area contributed by atoms with E-state index in [2.05, 4.69) is 66.2 Å². The van der Waals surface area contributed by atoms with Gasteiger partial charge in [-0.15, -0.1) is 0 Å². The molecule has 0 aliphatic carbocycles. The summed E-state index contributed by atoms with van der Waals surface area (Å²) in [5, 5.41) is 33.7. The van der Waals surface area contributed by atoms with Crippen LogP contribution < -0.4 is 24.3 Å². The molecule has 3 N–H and O–H groups in total. The number of aliphatic hydroxyl groups is 1. The van der Waals surface area contributed by atoms with Crippen LogP contribution in [0.3, 0.4) is 0 Å². The van der Waals surface area contributed by atoms with Gasteiger partial charge in [-0.05, 0) is 96.3 Å². The number of rotatable bonds is 26. The van der Waals surface area contributed by atoms with Crippen LogP contribution in [-0.4, -0.2) is 69.0 Å². The van der Waals surface area contributed by atoms with Gasteiger partial charge in [0.25, 0.3) is 0 Å². The third kappa shape index (κ3) is 14.3. The molecule has 1 unspecified atom stereocenters. The standard InChI is InChI=1S/C57H62Cl2N6O7/c1-35(2)22-61-27-45-17-49(58)55(19-53(45)69-31-40-15-39(21-60)23-62-24-40)71-33-42-9-7-11-47(37(42)5)48-12-8-10-43(38(48)6)34-72-56-20-54(70-32-41-16-44(26-63-25-41)51-28-64-51)46(18-50(56)59)30-65(29-36(3)4)52(13-14-66)57(67)68/h7-12,15-20,23-26,35-36,52,61,66H,13-14,22,27-34H2,1-6H3,(H,67,68). The maximum atomic E-state index is 12.5. The summed E-state index contributed by atoms with van der Waals surface area (Å²) in [6.45, 7) is 15.9. The minimum atomic E-state index is -1.01. The fourth-order valence-electron chi connectivity index (χ4n) is 8.44. The lowest BCUT2D eigenvalue weighted by Gasteiger charge is -2.31. The maximum Gasteiger partial charge on any atom is 0.321 e. The molecule has 1 aliphatic rings.